The van der Waals surface area contributed by atoms with Crippen LogP contribution < -0.4 is 0 Å². The Bertz CT molecular complexity index is 559. The number of carbonyl (C=O) groups excluding carboxylic acids is 1. The Kier molecular flexibility index (Phi) is 7.66. The molecule has 0 aromatic heterocycles. The van der Waals surface area contributed by atoms with Crippen molar-refractivity contribution in [2.24, 2.45) is 0 Å². The normalized spacial score (nSPS) is 22.2. The number of benzene rings is 1. The third-order valence-electron chi connectivity index (χ3n) is 4.95. The highest BCUT2D eigenvalue weighted by atomic mass is 16.5. The van der Waals surface area contributed by atoms with Crippen LogP contribution in [0.1, 0.15) is 39.2 Å². The summed E-state index contributed by atoms with van der Waals surface area (Å²) in [5.41, 5.74) is 1.98. The highest BCUT2D eigenvalue weighted by Crippen LogP contribution is 2.20. The van der Waals surface area contributed by atoms with Crippen molar-refractivity contribution in [2.45, 2.75) is 45.7 Å². The molecule has 4 nitrogen and oxygen atoms in total. The maximum Gasteiger partial charge on any atom is 0.249 e. The third-order valence-corrected chi connectivity index (χ3v) is 4.95. The molecule has 25 heavy (non-hydrogen) atoms. The molecule has 2 unspecified atom stereocenters. The van der Waals surface area contributed by atoms with Crippen molar-refractivity contribution in [3.05, 3.63) is 41.5 Å². The largest absolute Gasteiger partial charge is 0.385 e. The number of nitrogens with zero attached hydrogens (tertiary/aromatic N) is 2. The second-order valence-electron chi connectivity index (χ2n) is 6.93. The predicted molar refractivity (Wildman–Crippen MR) is 103 cm³/mol. The number of ether oxygens (including phenoxy) is 1. The molecule has 0 radical (unpaired) electrons. The van der Waals surface area contributed by atoms with Crippen molar-refractivity contribution in [1.29, 1.82) is 0 Å². The second-order valence-corrected chi connectivity index (χ2v) is 6.93. The fourth-order valence-corrected chi connectivity index (χ4v) is 3.62. The number of rotatable bonds is 7. The van der Waals surface area contributed by atoms with E-state index in [2.05, 4.69) is 25.7 Å². The van der Waals surface area contributed by atoms with E-state index in [4.69, 9.17) is 4.74 Å². The Labute approximate surface area is 152 Å². The van der Waals surface area contributed by atoms with Gasteiger partial charge in [-0.1, -0.05) is 37.3 Å². The van der Waals surface area contributed by atoms with Crippen LogP contribution in [-0.2, 0) is 9.53 Å². The number of methoxy groups -OCH3 is 1. The van der Waals surface area contributed by atoms with Crippen LogP contribution in [0.5, 0.6) is 0 Å². The van der Waals surface area contributed by atoms with E-state index in [1.54, 1.807) is 7.11 Å². The van der Waals surface area contributed by atoms with Gasteiger partial charge in [-0.15, -0.1) is 0 Å². The summed E-state index contributed by atoms with van der Waals surface area (Å²) in [5, 5.41) is 0. The van der Waals surface area contributed by atoms with E-state index in [9.17, 15) is 4.79 Å². The average molecular weight is 344 g/mol. The first kappa shape index (κ1) is 19.7. The molecule has 1 heterocycles. The lowest BCUT2D eigenvalue weighted by atomic mass is 10.0. The van der Waals surface area contributed by atoms with E-state index in [0.717, 1.165) is 50.2 Å². The average Bonchev–Trinajstić information content (AvgIpc) is 2.62. The van der Waals surface area contributed by atoms with Crippen LogP contribution >= 0.6 is 0 Å². The van der Waals surface area contributed by atoms with Crippen LogP contribution in [0.25, 0.3) is 6.08 Å². The van der Waals surface area contributed by atoms with Gasteiger partial charge in [-0.25, -0.2) is 0 Å². The predicted octanol–water partition coefficient (Wildman–Crippen LogP) is 3.44. The van der Waals surface area contributed by atoms with Crippen LogP contribution in [0.2, 0.25) is 0 Å². The third kappa shape index (κ3) is 5.41. The summed E-state index contributed by atoms with van der Waals surface area (Å²) >= 11 is 0. The maximum atomic E-state index is 13.0. The van der Waals surface area contributed by atoms with Crippen LogP contribution in [-0.4, -0.2) is 61.1 Å². The lowest BCUT2D eigenvalue weighted by Crippen LogP contribution is -2.58. The minimum atomic E-state index is 0.182. The highest BCUT2D eigenvalue weighted by Gasteiger charge is 2.32. The van der Waals surface area contributed by atoms with Crippen LogP contribution in [0.4, 0.5) is 0 Å². The molecular formula is C21H32N2O2. The highest BCUT2D eigenvalue weighted by molar-refractivity contribution is 5.97. The quantitative estimate of drug-likeness (QED) is 0.561. The fourth-order valence-electron chi connectivity index (χ4n) is 3.62. The second kappa shape index (κ2) is 9.73. The molecule has 1 aromatic carbocycles. The summed E-state index contributed by atoms with van der Waals surface area (Å²) < 4.78 is 5.17. The Hall–Kier alpha value is -1.65. The van der Waals surface area contributed by atoms with Crippen LogP contribution in [0.15, 0.2) is 35.9 Å². The summed E-state index contributed by atoms with van der Waals surface area (Å²) in [6.07, 6.45) is 3.82. The van der Waals surface area contributed by atoms with Gasteiger partial charge in [0.05, 0.1) is 0 Å². The maximum absolute atomic E-state index is 13.0. The van der Waals surface area contributed by atoms with E-state index in [-0.39, 0.29) is 5.91 Å². The topological polar surface area (TPSA) is 32.8 Å². The van der Waals surface area contributed by atoms with E-state index in [0.29, 0.717) is 12.1 Å². The lowest BCUT2D eigenvalue weighted by Gasteiger charge is -2.44. The number of piperazine rings is 1. The van der Waals surface area contributed by atoms with Gasteiger partial charge in [0.15, 0.2) is 0 Å². The summed E-state index contributed by atoms with van der Waals surface area (Å²) in [6.45, 7) is 9.90. The molecule has 0 N–H and O–H groups in total. The van der Waals surface area contributed by atoms with Gasteiger partial charge in [0, 0.05) is 51.0 Å². The number of amides is 1. The Morgan fingerprint density at radius 2 is 1.84 bits per heavy atom. The minimum Gasteiger partial charge on any atom is -0.385 e. The first-order chi connectivity index (χ1) is 12.1. The molecule has 1 amide bonds. The zero-order valence-corrected chi connectivity index (χ0v) is 16.1. The van der Waals surface area contributed by atoms with Crippen molar-refractivity contribution in [1.82, 2.24) is 9.80 Å². The molecule has 1 aliphatic rings. The molecule has 2 rings (SSSR count). The number of hydrogen-bond donors (Lipinski definition) is 0. The summed E-state index contributed by atoms with van der Waals surface area (Å²) in [6, 6.07) is 10.8. The monoisotopic (exact) mass is 344 g/mol. The number of hydrogen-bond acceptors (Lipinski definition) is 3. The van der Waals surface area contributed by atoms with Crippen molar-refractivity contribution in [2.75, 3.05) is 33.4 Å². The molecule has 4 heteroatoms. The van der Waals surface area contributed by atoms with Crippen molar-refractivity contribution < 1.29 is 9.53 Å². The molecule has 1 fully saturated rings. The molecular weight excluding hydrogens is 312 g/mol. The number of carbonyl (C=O) groups is 1. The smallest absolute Gasteiger partial charge is 0.249 e. The van der Waals surface area contributed by atoms with Gasteiger partial charge < -0.3 is 9.64 Å². The molecule has 0 bridgehead atoms. The fraction of sp³-hybridized carbons (Fsp3) is 0.571. The molecule has 0 aliphatic carbocycles. The van der Waals surface area contributed by atoms with Crippen molar-refractivity contribution >= 4 is 12.0 Å². The van der Waals surface area contributed by atoms with E-state index in [1.165, 1.54) is 0 Å². The van der Waals surface area contributed by atoms with Gasteiger partial charge in [-0.2, -0.15) is 0 Å². The summed E-state index contributed by atoms with van der Waals surface area (Å²) in [4.78, 5) is 17.5. The summed E-state index contributed by atoms with van der Waals surface area (Å²) in [7, 11) is 1.74. The van der Waals surface area contributed by atoms with Gasteiger partial charge in [-0.05, 0) is 38.3 Å². The first-order valence-corrected chi connectivity index (χ1v) is 9.36. The Balaban J connectivity index is 2.03. The zero-order valence-electron chi connectivity index (χ0n) is 16.1. The molecule has 1 aromatic rings. The molecule has 1 aliphatic heterocycles. The molecule has 0 spiro atoms. The Morgan fingerprint density at radius 3 is 2.40 bits per heavy atom. The van der Waals surface area contributed by atoms with Crippen LogP contribution in [0, 0.1) is 0 Å². The summed E-state index contributed by atoms with van der Waals surface area (Å²) in [5.74, 6) is 0.182. The van der Waals surface area contributed by atoms with Crippen molar-refractivity contribution in [3.63, 3.8) is 0 Å². The molecule has 138 valence electrons. The van der Waals surface area contributed by atoms with E-state index in [1.807, 2.05) is 41.3 Å². The van der Waals surface area contributed by atoms with E-state index < -0.39 is 0 Å². The Morgan fingerprint density at radius 1 is 1.20 bits per heavy atom. The van der Waals surface area contributed by atoms with Gasteiger partial charge >= 0.3 is 0 Å². The van der Waals surface area contributed by atoms with Crippen LogP contribution in [0.3, 0.4) is 0 Å². The first-order valence-electron chi connectivity index (χ1n) is 9.36. The van der Waals surface area contributed by atoms with Gasteiger partial charge in [0.25, 0.3) is 0 Å². The molecule has 1 saturated heterocycles. The van der Waals surface area contributed by atoms with E-state index >= 15 is 0 Å². The minimum absolute atomic E-state index is 0.182. The lowest BCUT2D eigenvalue weighted by molar-refractivity contribution is -0.131. The standard InChI is InChI=1S/C21H32N2O2/c1-5-20(14-19-10-7-6-8-11-19)21(24)22-15-17(2)23(18(3)16-22)12-9-13-25-4/h6-8,10-11,14,17-18H,5,9,12-13,15-16H2,1-4H3/b20-14+. The molecule has 0 saturated carbocycles. The van der Waals surface area contributed by atoms with Gasteiger partial charge in [0.2, 0.25) is 5.91 Å². The molecule has 2 atom stereocenters. The van der Waals surface area contributed by atoms with Crippen molar-refractivity contribution in [3.8, 4) is 0 Å². The van der Waals surface area contributed by atoms with Gasteiger partial charge in [0.1, 0.15) is 0 Å². The van der Waals surface area contributed by atoms with Gasteiger partial charge in [-0.3, -0.25) is 9.69 Å². The zero-order chi connectivity index (χ0) is 18.2. The SMILES string of the molecule is CC/C(=C\c1ccccc1)C(=O)N1CC(C)N(CCCOC)C(C)C1.